The van der Waals surface area contributed by atoms with Crippen molar-refractivity contribution in [2.75, 3.05) is 27.6 Å². The minimum atomic E-state index is -1.16. The molecule has 2 aromatic carbocycles. The fourth-order valence-electron chi connectivity index (χ4n) is 2.98. The van der Waals surface area contributed by atoms with Gasteiger partial charge in [-0.15, -0.1) is 0 Å². The molecule has 160 valence electrons. The summed E-state index contributed by atoms with van der Waals surface area (Å²) < 4.78 is 44.1. The fraction of sp³-hybridized carbons (Fsp3) is 0.333. The van der Waals surface area contributed by atoms with E-state index in [2.05, 4.69) is 5.10 Å². The third kappa shape index (κ3) is 4.39. The molecule has 0 aromatic heterocycles. The lowest BCUT2D eigenvalue weighted by atomic mass is 10.1. The lowest BCUT2D eigenvalue weighted by Crippen LogP contribution is -2.48. The Labute approximate surface area is 177 Å². The van der Waals surface area contributed by atoms with Gasteiger partial charge in [0.2, 0.25) is 0 Å². The summed E-state index contributed by atoms with van der Waals surface area (Å²) >= 11 is 1.11. The Hall–Kier alpha value is -2.33. The number of carbonyl (C=O) groups excluding carboxylic acids is 1. The molecule has 6 nitrogen and oxygen atoms in total. The van der Waals surface area contributed by atoms with Crippen LogP contribution in [0.4, 0.5) is 8.78 Å². The zero-order chi connectivity index (χ0) is 21.7. The van der Waals surface area contributed by atoms with E-state index in [9.17, 15) is 13.6 Å². The molecule has 0 saturated heterocycles. The molecule has 1 aliphatic rings. The van der Waals surface area contributed by atoms with Crippen LogP contribution in [0, 0.1) is 11.6 Å². The van der Waals surface area contributed by atoms with Crippen LogP contribution in [0.25, 0.3) is 0 Å². The number of benzene rings is 2. The first-order valence-corrected chi connectivity index (χ1v) is 9.96. The van der Waals surface area contributed by atoms with Gasteiger partial charge < -0.3 is 14.2 Å². The van der Waals surface area contributed by atoms with Gasteiger partial charge in [-0.1, -0.05) is 42.1 Å². The van der Waals surface area contributed by atoms with Crippen molar-refractivity contribution in [1.82, 2.24) is 5.01 Å². The molecule has 0 N–H and O–H groups in total. The van der Waals surface area contributed by atoms with Crippen molar-refractivity contribution in [3.05, 3.63) is 71.3 Å². The number of rotatable bonds is 8. The Morgan fingerprint density at radius 2 is 1.93 bits per heavy atom. The van der Waals surface area contributed by atoms with Gasteiger partial charge in [0.05, 0.1) is 6.61 Å². The van der Waals surface area contributed by atoms with E-state index >= 15 is 0 Å². The van der Waals surface area contributed by atoms with Crippen molar-refractivity contribution in [2.45, 2.75) is 17.9 Å². The maximum absolute atomic E-state index is 14.5. The molecule has 0 fully saturated rings. The second-order valence-electron chi connectivity index (χ2n) is 6.56. The Morgan fingerprint density at radius 3 is 2.60 bits per heavy atom. The van der Waals surface area contributed by atoms with Gasteiger partial charge in [-0.25, -0.2) is 13.8 Å². The minimum Gasteiger partial charge on any atom is -0.372 e. The SMILES string of the molecule is COCOC[C@@]1(c2ccccc2)SC(c2cc(F)ccc2F)=NN1C(=O)[C@H](C)OC. The summed E-state index contributed by atoms with van der Waals surface area (Å²) in [7, 11) is 2.89. The number of hydrazone groups is 1. The number of thioether (sulfide) groups is 1. The van der Waals surface area contributed by atoms with Crippen LogP contribution in [0.1, 0.15) is 18.1 Å². The Kier molecular flexibility index (Phi) is 7.19. The number of methoxy groups -OCH3 is 2. The fourth-order valence-corrected chi connectivity index (χ4v) is 4.30. The molecule has 0 saturated carbocycles. The number of hydrogen-bond donors (Lipinski definition) is 0. The molecule has 3 rings (SSSR count). The van der Waals surface area contributed by atoms with Crippen LogP contribution < -0.4 is 0 Å². The number of carbonyl (C=O) groups is 1. The third-order valence-electron chi connectivity index (χ3n) is 4.59. The van der Waals surface area contributed by atoms with Crippen molar-refractivity contribution in [3.63, 3.8) is 0 Å². The Bertz CT molecular complexity index is 928. The van der Waals surface area contributed by atoms with Crippen molar-refractivity contribution < 1.29 is 27.8 Å². The van der Waals surface area contributed by atoms with Crippen LogP contribution in [-0.2, 0) is 23.9 Å². The molecule has 0 spiro atoms. The van der Waals surface area contributed by atoms with Crippen molar-refractivity contribution >= 4 is 22.7 Å². The van der Waals surface area contributed by atoms with Gasteiger partial charge in [0.1, 0.15) is 29.6 Å². The standard InChI is InChI=1S/C21H22F2N2O4S/c1-14(28-3)20(26)25-21(12-29-13-27-2,15-7-5-4-6-8-15)30-19(24-25)17-11-16(22)9-10-18(17)23/h4-11,14H,12-13H2,1-3H3/t14-,21-/m0/s1. The van der Waals surface area contributed by atoms with Crippen LogP contribution in [0.3, 0.4) is 0 Å². The van der Waals surface area contributed by atoms with Crippen LogP contribution in [0.2, 0.25) is 0 Å². The summed E-state index contributed by atoms with van der Waals surface area (Å²) in [6, 6.07) is 12.2. The maximum Gasteiger partial charge on any atom is 0.273 e. The van der Waals surface area contributed by atoms with Crippen molar-refractivity contribution in [2.24, 2.45) is 5.10 Å². The quantitative estimate of drug-likeness (QED) is 0.466. The molecule has 1 amide bonds. The number of halogens is 2. The van der Waals surface area contributed by atoms with Crippen molar-refractivity contribution in [1.29, 1.82) is 0 Å². The normalized spacial score (nSPS) is 19.6. The first kappa shape index (κ1) is 22.4. The average Bonchev–Trinajstić information content (AvgIpc) is 3.15. The lowest BCUT2D eigenvalue weighted by molar-refractivity contribution is -0.148. The van der Waals surface area contributed by atoms with E-state index in [1.807, 2.05) is 30.3 Å². The van der Waals surface area contributed by atoms with E-state index in [0.717, 1.165) is 30.0 Å². The molecule has 0 bridgehead atoms. The summed E-state index contributed by atoms with van der Waals surface area (Å²) in [4.78, 5) is 12.0. The summed E-state index contributed by atoms with van der Waals surface area (Å²) in [5, 5.41) is 5.79. The zero-order valence-corrected chi connectivity index (χ0v) is 17.6. The second-order valence-corrected chi connectivity index (χ2v) is 7.83. The van der Waals surface area contributed by atoms with E-state index in [0.29, 0.717) is 5.56 Å². The number of ether oxygens (including phenoxy) is 3. The molecule has 0 unspecified atom stereocenters. The molecule has 2 atom stereocenters. The predicted octanol–water partition coefficient (Wildman–Crippen LogP) is 3.71. The summed E-state index contributed by atoms with van der Waals surface area (Å²) in [5.41, 5.74) is 0.672. The zero-order valence-electron chi connectivity index (χ0n) is 16.8. The molecule has 0 radical (unpaired) electrons. The molecule has 30 heavy (non-hydrogen) atoms. The van der Waals surface area contributed by atoms with Gasteiger partial charge >= 0.3 is 0 Å². The summed E-state index contributed by atoms with van der Waals surface area (Å²) in [6.45, 7) is 1.58. The van der Waals surface area contributed by atoms with E-state index < -0.39 is 28.5 Å². The number of amides is 1. The topological polar surface area (TPSA) is 60.4 Å². The lowest BCUT2D eigenvalue weighted by Gasteiger charge is -2.36. The number of nitrogens with zero attached hydrogens (tertiary/aromatic N) is 2. The highest BCUT2D eigenvalue weighted by Gasteiger charge is 2.50. The third-order valence-corrected chi connectivity index (χ3v) is 5.95. The monoisotopic (exact) mass is 436 g/mol. The highest BCUT2D eigenvalue weighted by molar-refractivity contribution is 8.15. The van der Waals surface area contributed by atoms with Gasteiger partial charge in [-0.05, 0) is 30.7 Å². The molecule has 2 aromatic rings. The summed E-state index contributed by atoms with van der Waals surface area (Å²) in [5.74, 6) is -1.69. The van der Waals surface area contributed by atoms with Crippen LogP contribution in [0.15, 0.2) is 53.6 Å². The smallest absolute Gasteiger partial charge is 0.273 e. The van der Waals surface area contributed by atoms with Gasteiger partial charge in [0.15, 0.2) is 4.87 Å². The summed E-state index contributed by atoms with van der Waals surface area (Å²) in [6.07, 6.45) is -0.809. The Morgan fingerprint density at radius 1 is 1.20 bits per heavy atom. The number of hydrogen-bond acceptors (Lipinski definition) is 6. The molecule has 1 heterocycles. The van der Waals surface area contributed by atoms with Gasteiger partial charge in [-0.3, -0.25) is 4.79 Å². The average molecular weight is 436 g/mol. The van der Waals surface area contributed by atoms with Gasteiger partial charge in [-0.2, -0.15) is 5.10 Å². The van der Waals surface area contributed by atoms with Crippen LogP contribution in [0.5, 0.6) is 0 Å². The molecular formula is C21H22F2N2O4S. The van der Waals surface area contributed by atoms with Crippen LogP contribution >= 0.6 is 11.8 Å². The molecule has 0 aliphatic carbocycles. The van der Waals surface area contributed by atoms with E-state index in [1.165, 1.54) is 19.2 Å². The molecular weight excluding hydrogens is 414 g/mol. The van der Waals surface area contributed by atoms with Crippen molar-refractivity contribution in [3.8, 4) is 0 Å². The van der Waals surface area contributed by atoms with Gasteiger partial charge in [0.25, 0.3) is 5.91 Å². The second kappa shape index (κ2) is 9.65. The molecule has 1 aliphatic heterocycles. The largest absolute Gasteiger partial charge is 0.372 e. The highest BCUT2D eigenvalue weighted by atomic mass is 32.2. The van der Waals surface area contributed by atoms with E-state index in [1.54, 1.807) is 6.92 Å². The predicted molar refractivity (Wildman–Crippen MR) is 110 cm³/mol. The first-order chi connectivity index (χ1) is 14.4. The van der Waals surface area contributed by atoms with E-state index in [4.69, 9.17) is 14.2 Å². The molecule has 9 heteroatoms. The Balaban J connectivity index is 2.13. The maximum atomic E-state index is 14.5. The minimum absolute atomic E-state index is 0.00162. The highest BCUT2D eigenvalue weighted by Crippen LogP contribution is 2.48. The first-order valence-electron chi connectivity index (χ1n) is 9.15. The van der Waals surface area contributed by atoms with Gasteiger partial charge in [0, 0.05) is 19.8 Å². The van der Waals surface area contributed by atoms with Crippen LogP contribution in [-0.4, -0.2) is 49.7 Å². The van der Waals surface area contributed by atoms with E-state index in [-0.39, 0.29) is 24.0 Å².